The van der Waals surface area contributed by atoms with Gasteiger partial charge < -0.3 is 14.8 Å². The molecule has 0 saturated carbocycles. The van der Waals surface area contributed by atoms with Crippen molar-refractivity contribution in [3.05, 3.63) is 100 Å². The van der Waals surface area contributed by atoms with Gasteiger partial charge in [-0.15, -0.1) is 0 Å². The number of fused-ring (bicyclic) bond motifs is 2. The van der Waals surface area contributed by atoms with Gasteiger partial charge in [-0.25, -0.2) is 8.42 Å². The van der Waals surface area contributed by atoms with Crippen molar-refractivity contribution >= 4 is 53.3 Å². The van der Waals surface area contributed by atoms with E-state index in [9.17, 15) is 43.7 Å². The number of rotatable bonds is 23. The molecule has 16 nitrogen and oxygen atoms in total. The predicted octanol–water partition coefficient (Wildman–Crippen LogP) is 6.45. The van der Waals surface area contributed by atoms with Crippen LogP contribution in [0.1, 0.15) is 89.7 Å². The molecule has 19 heteroatoms. The highest BCUT2D eigenvalue weighted by Crippen LogP contribution is 2.51. The molecule has 1 atom stereocenters. The van der Waals surface area contributed by atoms with E-state index in [2.05, 4.69) is 38.7 Å². The summed E-state index contributed by atoms with van der Waals surface area (Å²) >= 11 is 0. The Morgan fingerprint density at radius 3 is 2.31 bits per heavy atom. The minimum absolute atomic E-state index is 0.107. The van der Waals surface area contributed by atoms with Crippen LogP contribution >= 0.6 is 0 Å². The van der Waals surface area contributed by atoms with Gasteiger partial charge in [0.25, 0.3) is 20.2 Å². The predicted molar refractivity (Wildman–Crippen MR) is 226 cm³/mol. The Labute approximate surface area is 347 Å². The van der Waals surface area contributed by atoms with Gasteiger partial charge in [0.05, 0.1) is 21.8 Å². The van der Waals surface area contributed by atoms with E-state index in [0.717, 1.165) is 22.7 Å². The van der Waals surface area contributed by atoms with Crippen molar-refractivity contribution in [1.29, 1.82) is 0 Å². The van der Waals surface area contributed by atoms with Crippen molar-refractivity contribution in [2.75, 3.05) is 42.6 Å². The van der Waals surface area contributed by atoms with Gasteiger partial charge in [0.15, 0.2) is 5.71 Å². The number of nitrogens with one attached hydrogen (secondary N) is 1. The van der Waals surface area contributed by atoms with Crippen LogP contribution in [0, 0.1) is 0 Å². The second kappa shape index (κ2) is 20.3. The van der Waals surface area contributed by atoms with Crippen LogP contribution in [0.5, 0.6) is 0 Å². The Bertz CT molecular complexity index is 2370. The van der Waals surface area contributed by atoms with Crippen LogP contribution in [0.4, 0.5) is 11.4 Å². The van der Waals surface area contributed by atoms with Crippen molar-refractivity contribution in [3.8, 4) is 0 Å². The molecule has 0 bridgehead atoms. The van der Waals surface area contributed by atoms with E-state index in [4.69, 9.17) is 5.53 Å². The second-order valence-corrected chi connectivity index (χ2v) is 20.0. The highest BCUT2D eigenvalue weighted by atomic mass is 32.2. The van der Waals surface area contributed by atoms with E-state index in [-0.39, 0.29) is 29.4 Å². The lowest BCUT2D eigenvalue weighted by Gasteiger charge is -2.30. The summed E-state index contributed by atoms with van der Waals surface area (Å²) in [5.74, 6) is -0.918. The number of anilines is 1. The molecule has 4 rings (SSSR count). The number of hydrogen-bond donors (Lipinski definition) is 3. The molecule has 2 aromatic carbocycles. The van der Waals surface area contributed by atoms with Crippen molar-refractivity contribution in [3.63, 3.8) is 0 Å². The number of benzene rings is 2. The number of hydrogen-bond acceptors (Lipinski definition) is 10. The zero-order valence-electron chi connectivity index (χ0n) is 33.7. The number of para-hydroxylation sites is 1. The summed E-state index contributed by atoms with van der Waals surface area (Å²) in [5.41, 5.74) is 12.1. The zero-order valence-corrected chi connectivity index (χ0v) is 36.1. The Kier molecular flexibility index (Phi) is 16.3. The maximum Gasteiger partial charge on any atom is 0.265 e. The molecule has 0 spiro atoms. The Balaban J connectivity index is 1.65. The van der Waals surface area contributed by atoms with Gasteiger partial charge in [0, 0.05) is 71.9 Å². The number of carbonyl (C=O) groups is 1. The summed E-state index contributed by atoms with van der Waals surface area (Å²) in [4.78, 5) is 16.7. The van der Waals surface area contributed by atoms with E-state index >= 15 is 0 Å². The lowest BCUT2D eigenvalue weighted by molar-refractivity contribution is -0.437. The standard InChI is InChI=1S/C40H54N6O10S3/c1-39(2)32-16-9-10-17-34(32)45(27-15-29-58(51,52)53)36(39)18-6-4-7-19-37-40(3,23-11-13-28-57(48,49)50)33-30-31(59(54,55)56)21-22-35(33)46(37)26-12-5-8-20-38(47)42-24-14-25-43-44-41/h4,6-7,9-10,16-19,21-22,30H,5,8,11-15,20,23-29H2,1-3H3,(H3-,42,47,48,49,50,51,52,53,54,55,56). The van der Waals surface area contributed by atoms with Crippen LogP contribution in [-0.4, -0.2) is 92.8 Å². The van der Waals surface area contributed by atoms with Gasteiger partial charge in [-0.3, -0.25) is 13.9 Å². The van der Waals surface area contributed by atoms with E-state index in [1.165, 1.54) is 12.1 Å². The fourth-order valence-corrected chi connectivity index (χ4v) is 9.40. The molecule has 0 saturated heterocycles. The summed E-state index contributed by atoms with van der Waals surface area (Å²) in [6.45, 7) is 7.63. The maximum absolute atomic E-state index is 12.3. The number of amides is 1. The van der Waals surface area contributed by atoms with Gasteiger partial charge in [0.2, 0.25) is 11.6 Å². The van der Waals surface area contributed by atoms with E-state index < -0.39 is 46.9 Å². The van der Waals surface area contributed by atoms with Gasteiger partial charge in [-0.2, -0.15) is 21.4 Å². The zero-order chi connectivity index (χ0) is 43.5. The lowest BCUT2D eigenvalue weighted by atomic mass is 9.77. The summed E-state index contributed by atoms with van der Waals surface area (Å²) in [6, 6.07) is 12.1. The van der Waals surface area contributed by atoms with Crippen LogP contribution in [-0.2, 0) is 46.0 Å². The van der Waals surface area contributed by atoms with Gasteiger partial charge >= 0.3 is 0 Å². The van der Waals surface area contributed by atoms with Gasteiger partial charge in [0.1, 0.15) is 16.7 Å². The fraction of sp³-hybridized carbons (Fsp3) is 0.500. The van der Waals surface area contributed by atoms with Crippen LogP contribution in [0.2, 0.25) is 0 Å². The minimum Gasteiger partial charge on any atom is -0.744 e. The molecule has 1 amide bonds. The van der Waals surface area contributed by atoms with Crippen LogP contribution < -0.4 is 10.2 Å². The molecule has 0 aliphatic carbocycles. The van der Waals surface area contributed by atoms with Gasteiger partial charge in [-0.05, 0) is 88.2 Å². The Morgan fingerprint density at radius 1 is 0.898 bits per heavy atom. The van der Waals surface area contributed by atoms with E-state index in [1.54, 1.807) is 6.07 Å². The van der Waals surface area contributed by atoms with E-state index in [1.807, 2.05) is 61.6 Å². The molecular weight excluding hydrogens is 821 g/mol. The highest BCUT2D eigenvalue weighted by Gasteiger charge is 2.45. The molecule has 0 fully saturated rings. The molecule has 2 heterocycles. The summed E-state index contributed by atoms with van der Waals surface area (Å²) in [6.07, 6.45) is 13.3. The van der Waals surface area contributed by atoms with Crippen LogP contribution in [0.15, 0.2) is 88.6 Å². The van der Waals surface area contributed by atoms with Crippen molar-refractivity contribution < 1.29 is 48.3 Å². The van der Waals surface area contributed by atoms with Crippen molar-refractivity contribution in [2.45, 2.75) is 94.3 Å². The molecule has 2 aliphatic heterocycles. The van der Waals surface area contributed by atoms with Crippen LogP contribution in [0.25, 0.3) is 10.4 Å². The largest absolute Gasteiger partial charge is 0.744 e. The SMILES string of the molecule is CC1(C)C(/C=C/C=C/C=C2/N(CCCCCC(=O)NCCCN=[N+]=[N-])c3ccc(S(=O)(=O)[O-])cc3C2(C)CCCCS(=O)(=O)O)=[N+](CCCS(=O)(=O)O)c2ccccc21. The average molecular weight is 875 g/mol. The third-order valence-electron chi connectivity index (χ3n) is 10.7. The third-order valence-corrected chi connectivity index (χ3v) is 13.2. The van der Waals surface area contributed by atoms with E-state index in [0.29, 0.717) is 82.4 Å². The molecule has 0 radical (unpaired) electrons. The molecule has 3 N–H and O–H groups in total. The average Bonchev–Trinajstić information content (AvgIpc) is 3.51. The summed E-state index contributed by atoms with van der Waals surface area (Å²) < 4.78 is 103. The number of carbonyl (C=O) groups excluding carboxylic acids is 1. The molecule has 0 aromatic heterocycles. The molecule has 1 unspecified atom stereocenters. The first-order chi connectivity index (χ1) is 27.7. The Hall–Kier alpha value is -4.36. The maximum atomic E-state index is 12.3. The molecule has 59 heavy (non-hydrogen) atoms. The number of nitrogens with zero attached hydrogens (tertiary/aromatic N) is 5. The summed E-state index contributed by atoms with van der Waals surface area (Å²) in [5, 5.41) is 6.27. The normalized spacial score (nSPS) is 18.5. The third kappa shape index (κ3) is 13.1. The van der Waals surface area contributed by atoms with Crippen LogP contribution in [0.3, 0.4) is 0 Å². The minimum atomic E-state index is -4.81. The summed E-state index contributed by atoms with van der Waals surface area (Å²) in [7, 11) is -13.1. The number of azide groups is 1. The first-order valence-corrected chi connectivity index (χ1v) is 24.2. The second-order valence-electron chi connectivity index (χ2n) is 15.4. The number of allylic oxidation sites excluding steroid dienone is 6. The van der Waals surface area contributed by atoms with Gasteiger partial charge in [-0.1, -0.05) is 54.4 Å². The number of unbranched alkanes of at least 4 members (excludes halogenated alkanes) is 3. The highest BCUT2D eigenvalue weighted by molar-refractivity contribution is 7.86. The molecular formula is C40H54N6O10S3. The topological polar surface area (TPSA) is 250 Å². The lowest BCUT2D eigenvalue weighted by Crippen LogP contribution is -2.29. The Morgan fingerprint density at radius 2 is 1.61 bits per heavy atom. The monoisotopic (exact) mass is 874 g/mol. The molecule has 2 aliphatic rings. The fourth-order valence-electron chi connectivity index (χ4n) is 7.84. The van der Waals surface area contributed by atoms with Crippen molar-refractivity contribution in [2.24, 2.45) is 5.11 Å². The first kappa shape index (κ1) is 47.3. The smallest absolute Gasteiger partial charge is 0.265 e. The molecule has 2 aromatic rings. The first-order valence-electron chi connectivity index (χ1n) is 19.5. The quantitative estimate of drug-likeness (QED) is 0.0208. The van der Waals surface area contributed by atoms with Crippen molar-refractivity contribution in [1.82, 2.24) is 5.32 Å². The molecule has 322 valence electrons.